The van der Waals surface area contributed by atoms with Crippen molar-refractivity contribution in [1.82, 2.24) is 16.0 Å². The van der Waals surface area contributed by atoms with E-state index in [9.17, 15) is 19.5 Å². The molecule has 0 fully saturated rings. The second-order valence-electron chi connectivity index (χ2n) is 9.75. The number of aliphatic hydroxyl groups is 1. The van der Waals surface area contributed by atoms with E-state index in [-0.39, 0.29) is 0 Å². The molecule has 0 aliphatic heterocycles. The molecule has 0 saturated carbocycles. The van der Waals surface area contributed by atoms with E-state index < -0.39 is 53.4 Å². The zero-order chi connectivity index (χ0) is 23.3. The summed E-state index contributed by atoms with van der Waals surface area (Å²) in [5.74, 6) is 0. The van der Waals surface area contributed by atoms with Gasteiger partial charge < -0.3 is 24.6 Å². The fourth-order valence-corrected chi connectivity index (χ4v) is 2.04. The topological polar surface area (TPSA) is 135 Å². The predicted molar refractivity (Wildman–Crippen MR) is 107 cm³/mol. The van der Waals surface area contributed by atoms with Gasteiger partial charge >= 0.3 is 18.3 Å². The van der Waals surface area contributed by atoms with Crippen molar-refractivity contribution < 1.29 is 33.7 Å². The van der Waals surface area contributed by atoms with Crippen LogP contribution in [0.1, 0.15) is 69.2 Å². The molecule has 0 aromatic heterocycles. The fourth-order valence-electron chi connectivity index (χ4n) is 2.04. The number of carbonyl (C=O) groups is 3. The number of hydrogen-bond acceptors (Lipinski definition) is 7. The van der Waals surface area contributed by atoms with Gasteiger partial charge in [-0.25, -0.2) is 14.4 Å². The van der Waals surface area contributed by atoms with Crippen LogP contribution in [0.2, 0.25) is 0 Å². The van der Waals surface area contributed by atoms with E-state index in [1.807, 2.05) is 0 Å². The highest BCUT2D eigenvalue weighted by Crippen LogP contribution is 2.15. The molecule has 4 N–H and O–H groups in total. The summed E-state index contributed by atoms with van der Waals surface area (Å²) in [5, 5.41) is 17.4. The molecule has 170 valence electrons. The first-order chi connectivity index (χ1) is 12.8. The molecule has 0 aliphatic rings. The Morgan fingerprint density at radius 3 is 1.31 bits per heavy atom. The third kappa shape index (κ3) is 11.4. The number of carbonyl (C=O) groups excluding carboxylic acids is 3. The van der Waals surface area contributed by atoms with E-state index in [1.54, 1.807) is 62.3 Å². The molecule has 0 aromatic carbocycles. The minimum absolute atomic E-state index is 0.761. The SMILES string of the molecule is CC(NC(=O)OC(C)(C)C)C(CO)(NC(=O)OC(C)(C)C)NC(=O)OC(C)(C)C. The molecule has 0 rings (SSSR count). The quantitative estimate of drug-likeness (QED) is 0.397. The van der Waals surface area contributed by atoms with E-state index in [0.29, 0.717) is 0 Å². The Labute approximate surface area is 173 Å². The van der Waals surface area contributed by atoms with Gasteiger partial charge in [0.15, 0.2) is 5.66 Å². The highest BCUT2D eigenvalue weighted by molar-refractivity contribution is 5.74. The first-order valence-electron chi connectivity index (χ1n) is 9.41. The highest BCUT2D eigenvalue weighted by Gasteiger charge is 2.42. The summed E-state index contributed by atoms with van der Waals surface area (Å²) in [6, 6.07) is -0.998. The van der Waals surface area contributed by atoms with Crippen LogP contribution in [-0.2, 0) is 14.2 Å². The lowest BCUT2D eigenvalue weighted by Gasteiger charge is -2.39. The Kier molecular flexibility index (Phi) is 8.78. The van der Waals surface area contributed by atoms with Crippen molar-refractivity contribution in [3.63, 3.8) is 0 Å². The van der Waals surface area contributed by atoms with Gasteiger partial charge in [-0.05, 0) is 69.2 Å². The van der Waals surface area contributed by atoms with Crippen LogP contribution in [0.15, 0.2) is 0 Å². The normalized spacial score (nSPS) is 13.8. The van der Waals surface area contributed by atoms with Gasteiger partial charge in [-0.3, -0.25) is 10.6 Å². The maximum atomic E-state index is 12.3. The summed E-state index contributed by atoms with van der Waals surface area (Å²) in [5.41, 5.74) is -4.22. The lowest BCUT2D eigenvalue weighted by Crippen LogP contribution is -2.72. The molecular formula is C19H37N3O7. The van der Waals surface area contributed by atoms with Gasteiger partial charge in [-0.15, -0.1) is 0 Å². The molecule has 0 aliphatic carbocycles. The molecule has 3 amide bonds. The molecule has 0 bridgehead atoms. The summed E-state index contributed by atoms with van der Waals surface area (Å²) < 4.78 is 15.6. The summed E-state index contributed by atoms with van der Waals surface area (Å²) in [6.07, 6.45) is -2.60. The first-order valence-corrected chi connectivity index (χ1v) is 9.41. The second kappa shape index (κ2) is 9.51. The smallest absolute Gasteiger partial charge is 0.409 e. The van der Waals surface area contributed by atoms with Crippen LogP contribution in [0.5, 0.6) is 0 Å². The van der Waals surface area contributed by atoms with Crippen LogP contribution in [0, 0.1) is 0 Å². The van der Waals surface area contributed by atoms with E-state index >= 15 is 0 Å². The molecular weight excluding hydrogens is 382 g/mol. The zero-order valence-corrected chi connectivity index (χ0v) is 19.2. The van der Waals surface area contributed by atoms with Gasteiger partial charge in [-0.1, -0.05) is 0 Å². The van der Waals surface area contributed by atoms with E-state index in [0.717, 1.165) is 0 Å². The number of aliphatic hydroxyl groups excluding tert-OH is 1. The molecule has 0 saturated heterocycles. The number of amides is 3. The van der Waals surface area contributed by atoms with Crippen molar-refractivity contribution in [2.75, 3.05) is 6.61 Å². The first kappa shape index (κ1) is 26.8. The predicted octanol–water partition coefficient (Wildman–Crippen LogP) is 2.64. The van der Waals surface area contributed by atoms with E-state index in [4.69, 9.17) is 14.2 Å². The van der Waals surface area contributed by atoms with Crippen LogP contribution in [0.4, 0.5) is 14.4 Å². The Hall–Kier alpha value is -2.23. The number of ether oxygens (including phenoxy) is 3. The minimum atomic E-state index is -1.82. The van der Waals surface area contributed by atoms with Gasteiger partial charge in [0, 0.05) is 0 Å². The molecule has 1 atom stereocenters. The Bertz CT molecular complexity index is 556. The molecule has 10 heteroatoms. The highest BCUT2D eigenvalue weighted by atomic mass is 16.6. The number of alkyl carbamates (subject to hydrolysis) is 3. The van der Waals surface area contributed by atoms with Gasteiger partial charge in [0.25, 0.3) is 0 Å². The van der Waals surface area contributed by atoms with Crippen molar-refractivity contribution >= 4 is 18.3 Å². The Balaban J connectivity index is 5.65. The van der Waals surface area contributed by atoms with Crippen molar-refractivity contribution in [3.05, 3.63) is 0 Å². The summed E-state index contributed by atoms with van der Waals surface area (Å²) in [7, 11) is 0. The van der Waals surface area contributed by atoms with E-state index in [1.165, 1.54) is 6.92 Å². The molecule has 0 heterocycles. The van der Waals surface area contributed by atoms with Crippen molar-refractivity contribution in [2.24, 2.45) is 0 Å². The van der Waals surface area contributed by atoms with Crippen molar-refractivity contribution in [2.45, 2.75) is 97.7 Å². The molecule has 0 aromatic rings. The number of rotatable bonds is 5. The number of hydrogen-bond donors (Lipinski definition) is 4. The summed E-state index contributed by atoms with van der Waals surface area (Å²) in [4.78, 5) is 36.8. The molecule has 29 heavy (non-hydrogen) atoms. The van der Waals surface area contributed by atoms with Crippen molar-refractivity contribution in [1.29, 1.82) is 0 Å². The largest absolute Gasteiger partial charge is 0.444 e. The monoisotopic (exact) mass is 419 g/mol. The van der Waals surface area contributed by atoms with E-state index in [2.05, 4.69) is 16.0 Å². The lowest BCUT2D eigenvalue weighted by molar-refractivity contribution is 0.0102. The molecule has 0 spiro atoms. The zero-order valence-electron chi connectivity index (χ0n) is 19.2. The summed E-state index contributed by atoms with van der Waals surface area (Å²) >= 11 is 0. The number of nitrogens with one attached hydrogen (secondary N) is 3. The minimum Gasteiger partial charge on any atom is -0.444 e. The average Bonchev–Trinajstić information content (AvgIpc) is 2.39. The van der Waals surface area contributed by atoms with Gasteiger partial charge in [-0.2, -0.15) is 0 Å². The van der Waals surface area contributed by atoms with Crippen LogP contribution < -0.4 is 16.0 Å². The third-order valence-electron chi connectivity index (χ3n) is 3.17. The van der Waals surface area contributed by atoms with Crippen molar-refractivity contribution in [3.8, 4) is 0 Å². The molecule has 0 radical (unpaired) electrons. The maximum absolute atomic E-state index is 12.3. The van der Waals surface area contributed by atoms with Crippen LogP contribution >= 0.6 is 0 Å². The maximum Gasteiger partial charge on any atom is 0.409 e. The Morgan fingerprint density at radius 1 is 0.724 bits per heavy atom. The standard InChI is InChI=1S/C19H37N3O7/c1-12(20-13(24)27-16(2,3)4)19(11-23,21-14(25)28-17(5,6)7)22-15(26)29-18(8,9)10/h12,23H,11H2,1-10H3,(H,20,24)(H,21,25)(H,22,26). The summed E-state index contributed by atoms with van der Waals surface area (Å²) in [6.45, 7) is 15.8. The fraction of sp³-hybridized carbons (Fsp3) is 0.842. The average molecular weight is 420 g/mol. The Morgan fingerprint density at radius 2 is 1.03 bits per heavy atom. The van der Waals surface area contributed by atoms with Gasteiger partial charge in [0.05, 0.1) is 12.6 Å². The van der Waals surface area contributed by atoms with Gasteiger partial charge in [0.2, 0.25) is 0 Å². The lowest BCUT2D eigenvalue weighted by atomic mass is 10.0. The van der Waals surface area contributed by atoms with Gasteiger partial charge in [0.1, 0.15) is 16.8 Å². The second-order valence-corrected chi connectivity index (χ2v) is 9.75. The van der Waals surface area contributed by atoms with Crippen LogP contribution in [0.25, 0.3) is 0 Å². The van der Waals surface area contributed by atoms with Crippen LogP contribution in [-0.4, -0.2) is 58.5 Å². The molecule has 10 nitrogen and oxygen atoms in total. The third-order valence-corrected chi connectivity index (χ3v) is 3.17. The van der Waals surface area contributed by atoms with Crippen LogP contribution in [0.3, 0.4) is 0 Å². The molecule has 1 unspecified atom stereocenters.